The summed E-state index contributed by atoms with van der Waals surface area (Å²) in [4.78, 5) is 24.2. The van der Waals surface area contributed by atoms with E-state index in [4.69, 9.17) is 16.3 Å². The lowest BCUT2D eigenvalue weighted by Crippen LogP contribution is -2.19. The van der Waals surface area contributed by atoms with E-state index in [9.17, 15) is 14.7 Å². The summed E-state index contributed by atoms with van der Waals surface area (Å²) in [5.41, 5.74) is 4.52. The molecule has 1 aliphatic carbocycles. The average Bonchev–Trinajstić information content (AvgIpc) is 3.72. The van der Waals surface area contributed by atoms with Crippen LogP contribution in [0.4, 0.5) is 10.5 Å². The Morgan fingerprint density at radius 2 is 1.57 bits per heavy atom. The topological polar surface area (TPSA) is 101 Å². The van der Waals surface area contributed by atoms with E-state index in [0.29, 0.717) is 34.8 Å². The van der Waals surface area contributed by atoms with E-state index < -0.39 is 23.6 Å². The summed E-state index contributed by atoms with van der Waals surface area (Å²) in [6.45, 7) is 1.75. The second-order valence-corrected chi connectivity index (χ2v) is 9.44. The van der Waals surface area contributed by atoms with Crippen molar-refractivity contribution in [3.63, 3.8) is 0 Å². The Bertz CT molecular complexity index is 1450. The first-order valence-electron chi connectivity index (χ1n) is 11.9. The molecular formula is C29H24ClN3O4. The number of nitrogens with zero attached hydrogens (tertiary/aromatic N) is 2. The molecule has 7 nitrogen and oxygen atoms in total. The number of hydrogen-bond donors (Lipinski definition) is 2. The standard InChI is InChI=1S/C29H24ClN3O4/c1-18(23-4-2-3-5-24(23)30)37-28(36)32-25-14-17-31-33-26(25)21-8-6-19(7-9-21)20-10-12-22(13-11-20)29(15-16-29)27(34)35/h2-14,17-18H,15-16H2,1H3,(H,34,35)(H,31,32,36). The molecule has 1 unspecified atom stereocenters. The number of carbonyl (C=O) groups excluding carboxylic acids is 1. The number of amides is 1. The van der Waals surface area contributed by atoms with Crippen molar-refractivity contribution in [3.05, 3.63) is 101 Å². The van der Waals surface area contributed by atoms with Gasteiger partial charge < -0.3 is 9.84 Å². The van der Waals surface area contributed by atoms with Gasteiger partial charge in [-0.25, -0.2) is 4.79 Å². The van der Waals surface area contributed by atoms with E-state index in [1.807, 2.05) is 66.7 Å². The molecule has 0 bridgehead atoms. The van der Waals surface area contributed by atoms with Crippen LogP contribution in [-0.4, -0.2) is 27.4 Å². The maximum atomic E-state index is 12.6. The molecule has 0 saturated heterocycles. The van der Waals surface area contributed by atoms with Gasteiger partial charge in [-0.05, 0) is 48.6 Å². The minimum Gasteiger partial charge on any atom is -0.481 e. The third kappa shape index (κ3) is 5.04. The summed E-state index contributed by atoms with van der Waals surface area (Å²) >= 11 is 6.21. The van der Waals surface area contributed by atoms with Gasteiger partial charge >= 0.3 is 12.1 Å². The van der Waals surface area contributed by atoms with Crippen molar-refractivity contribution in [2.45, 2.75) is 31.3 Å². The van der Waals surface area contributed by atoms with Crippen LogP contribution in [0.25, 0.3) is 22.4 Å². The first-order valence-corrected chi connectivity index (χ1v) is 12.2. The molecule has 0 aliphatic heterocycles. The summed E-state index contributed by atoms with van der Waals surface area (Å²) in [5, 5.41) is 21.0. The van der Waals surface area contributed by atoms with Crippen LogP contribution in [0.15, 0.2) is 85.1 Å². The molecule has 1 saturated carbocycles. The van der Waals surface area contributed by atoms with E-state index in [2.05, 4.69) is 15.5 Å². The largest absolute Gasteiger partial charge is 0.481 e. The molecule has 2 N–H and O–H groups in total. The Morgan fingerprint density at radius 3 is 2.19 bits per heavy atom. The van der Waals surface area contributed by atoms with Crippen molar-refractivity contribution >= 4 is 29.4 Å². The van der Waals surface area contributed by atoms with Gasteiger partial charge in [0.05, 0.1) is 17.3 Å². The van der Waals surface area contributed by atoms with Gasteiger partial charge in [-0.1, -0.05) is 78.3 Å². The number of carboxylic acids is 1. The van der Waals surface area contributed by atoms with E-state index in [1.54, 1.807) is 19.1 Å². The van der Waals surface area contributed by atoms with E-state index in [-0.39, 0.29) is 0 Å². The summed E-state index contributed by atoms with van der Waals surface area (Å²) in [6.07, 6.45) is 1.68. The zero-order valence-electron chi connectivity index (χ0n) is 20.0. The maximum absolute atomic E-state index is 12.6. The number of carbonyl (C=O) groups is 2. The number of carboxylic acid groups (broad SMARTS) is 1. The third-order valence-electron chi connectivity index (χ3n) is 6.67. The Kier molecular flexibility index (Phi) is 6.63. The molecule has 0 spiro atoms. The van der Waals surface area contributed by atoms with E-state index in [0.717, 1.165) is 22.3 Å². The number of aromatic nitrogens is 2. The number of rotatable bonds is 7. The van der Waals surface area contributed by atoms with Crippen molar-refractivity contribution in [2.75, 3.05) is 5.32 Å². The molecule has 1 atom stereocenters. The molecule has 4 aromatic rings. The highest BCUT2D eigenvalue weighted by Gasteiger charge is 2.51. The SMILES string of the molecule is CC(OC(=O)Nc1ccnnc1-c1ccc(-c2ccc(C3(C(=O)O)CC3)cc2)cc1)c1ccccc1Cl. The molecule has 1 heterocycles. The molecule has 1 fully saturated rings. The van der Waals surface area contributed by atoms with Crippen LogP contribution in [0.1, 0.15) is 37.0 Å². The lowest BCUT2D eigenvalue weighted by atomic mass is 9.93. The van der Waals surface area contributed by atoms with Gasteiger partial charge in [-0.15, -0.1) is 5.10 Å². The lowest BCUT2D eigenvalue weighted by Gasteiger charge is -2.16. The second kappa shape index (κ2) is 10.0. The Hall–Kier alpha value is -4.23. The van der Waals surface area contributed by atoms with Crippen LogP contribution in [0, 0.1) is 0 Å². The van der Waals surface area contributed by atoms with Crippen LogP contribution in [0.2, 0.25) is 5.02 Å². The first kappa shape index (κ1) is 24.5. The van der Waals surface area contributed by atoms with Gasteiger partial charge in [0, 0.05) is 16.1 Å². The fourth-order valence-corrected chi connectivity index (χ4v) is 4.66. The molecular weight excluding hydrogens is 490 g/mol. The Morgan fingerprint density at radius 1 is 0.946 bits per heavy atom. The first-order chi connectivity index (χ1) is 17.9. The molecule has 1 aliphatic rings. The number of ether oxygens (including phenoxy) is 1. The number of anilines is 1. The summed E-state index contributed by atoms with van der Waals surface area (Å²) in [5.74, 6) is -0.764. The normalized spacial score (nSPS) is 14.4. The van der Waals surface area contributed by atoms with E-state index >= 15 is 0 Å². The Labute approximate surface area is 219 Å². The van der Waals surface area contributed by atoms with Crippen LogP contribution < -0.4 is 5.32 Å². The van der Waals surface area contributed by atoms with Crippen molar-refractivity contribution in [3.8, 4) is 22.4 Å². The molecule has 5 rings (SSSR count). The predicted octanol–water partition coefficient (Wildman–Crippen LogP) is 6.89. The molecule has 1 amide bonds. The van der Waals surface area contributed by atoms with Gasteiger partial charge in [0.1, 0.15) is 11.8 Å². The lowest BCUT2D eigenvalue weighted by molar-refractivity contribution is -0.140. The second-order valence-electron chi connectivity index (χ2n) is 9.03. The zero-order valence-corrected chi connectivity index (χ0v) is 20.8. The molecule has 37 heavy (non-hydrogen) atoms. The molecule has 0 radical (unpaired) electrons. The van der Waals surface area contributed by atoms with Crippen molar-refractivity contribution in [1.29, 1.82) is 0 Å². The number of hydrogen-bond acceptors (Lipinski definition) is 5. The van der Waals surface area contributed by atoms with Crippen LogP contribution in [0.3, 0.4) is 0 Å². The molecule has 1 aromatic heterocycles. The third-order valence-corrected chi connectivity index (χ3v) is 7.02. The number of nitrogens with one attached hydrogen (secondary N) is 1. The fraction of sp³-hybridized carbons (Fsp3) is 0.172. The van der Waals surface area contributed by atoms with E-state index in [1.165, 1.54) is 6.20 Å². The zero-order chi connectivity index (χ0) is 26.0. The minimum atomic E-state index is -0.764. The molecule has 3 aromatic carbocycles. The summed E-state index contributed by atoms with van der Waals surface area (Å²) < 4.78 is 5.52. The van der Waals surface area contributed by atoms with Crippen LogP contribution in [0.5, 0.6) is 0 Å². The highest BCUT2D eigenvalue weighted by molar-refractivity contribution is 6.31. The average molecular weight is 514 g/mol. The predicted molar refractivity (Wildman–Crippen MR) is 141 cm³/mol. The number of halogens is 1. The Balaban J connectivity index is 1.30. The number of benzene rings is 3. The monoisotopic (exact) mass is 513 g/mol. The quantitative estimate of drug-likeness (QED) is 0.279. The summed E-state index contributed by atoms with van der Waals surface area (Å²) in [6, 6.07) is 24.2. The van der Waals surface area contributed by atoms with Crippen molar-refractivity contribution < 1.29 is 19.4 Å². The summed E-state index contributed by atoms with van der Waals surface area (Å²) in [7, 11) is 0. The maximum Gasteiger partial charge on any atom is 0.412 e. The van der Waals surface area contributed by atoms with Gasteiger partial charge in [0.15, 0.2) is 0 Å². The van der Waals surface area contributed by atoms with Gasteiger partial charge in [0.25, 0.3) is 0 Å². The van der Waals surface area contributed by atoms with Gasteiger partial charge in [-0.3, -0.25) is 10.1 Å². The minimum absolute atomic E-state index is 0.465. The number of aliphatic carboxylic acids is 1. The van der Waals surface area contributed by atoms with Gasteiger partial charge in [-0.2, -0.15) is 5.10 Å². The smallest absolute Gasteiger partial charge is 0.412 e. The fourth-order valence-electron chi connectivity index (χ4n) is 4.37. The van der Waals surface area contributed by atoms with Gasteiger partial charge in [0.2, 0.25) is 0 Å². The van der Waals surface area contributed by atoms with Crippen LogP contribution in [-0.2, 0) is 14.9 Å². The van der Waals surface area contributed by atoms with Crippen LogP contribution >= 0.6 is 11.6 Å². The molecule has 8 heteroatoms. The highest BCUT2D eigenvalue weighted by Crippen LogP contribution is 2.48. The highest BCUT2D eigenvalue weighted by atomic mass is 35.5. The van der Waals surface area contributed by atoms with Crippen molar-refractivity contribution in [2.24, 2.45) is 0 Å². The molecule has 186 valence electrons. The van der Waals surface area contributed by atoms with Crippen molar-refractivity contribution in [1.82, 2.24) is 10.2 Å².